The minimum absolute atomic E-state index is 1.20. The highest BCUT2D eigenvalue weighted by Crippen LogP contribution is 2.30. The molecule has 0 saturated carbocycles. The van der Waals surface area contributed by atoms with Gasteiger partial charge in [-0.2, -0.15) is 0 Å². The monoisotopic (exact) mass is 185 g/mol. The van der Waals surface area contributed by atoms with Crippen LogP contribution in [0.5, 0.6) is 0 Å². The van der Waals surface area contributed by atoms with Gasteiger partial charge in [0.25, 0.3) is 0 Å². The molecule has 0 radical (unpaired) electrons. The first-order valence-electron chi connectivity index (χ1n) is 5.36. The first kappa shape index (κ1) is 8.10. The van der Waals surface area contributed by atoms with Gasteiger partial charge in [0.05, 0.1) is 5.52 Å². The van der Waals surface area contributed by atoms with Crippen molar-refractivity contribution in [2.24, 2.45) is 0 Å². The van der Waals surface area contributed by atoms with E-state index in [9.17, 15) is 0 Å². The third-order valence-electron chi connectivity index (χ3n) is 3.40. The molecule has 1 aromatic heterocycles. The highest BCUT2D eigenvalue weighted by atomic mass is 15.0. The number of benzene rings is 1. The summed E-state index contributed by atoms with van der Waals surface area (Å²) in [6.07, 6.45) is 2.54. The fourth-order valence-electron chi connectivity index (χ4n) is 2.64. The molecule has 0 saturated heterocycles. The van der Waals surface area contributed by atoms with Crippen molar-refractivity contribution in [2.45, 2.75) is 33.2 Å². The van der Waals surface area contributed by atoms with Crippen molar-refractivity contribution in [3.05, 3.63) is 35.0 Å². The standard InChI is InChI=1S/C13H15N/c1-9-5-6-11-4-3-7-14-10(2)8-12(9)13(11)14/h5-6,8H,3-4,7H2,1-2H3. The van der Waals surface area contributed by atoms with E-state index in [-0.39, 0.29) is 0 Å². The van der Waals surface area contributed by atoms with Gasteiger partial charge in [-0.25, -0.2) is 0 Å². The minimum Gasteiger partial charge on any atom is -0.345 e. The Labute approximate surface area is 84.4 Å². The van der Waals surface area contributed by atoms with E-state index >= 15 is 0 Å². The smallest absolute Gasteiger partial charge is 0.0517 e. The molecule has 2 heterocycles. The van der Waals surface area contributed by atoms with Gasteiger partial charge < -0.3 is 4.57 Å². The molecule has 0 amide bonds. The van der Waals surface area contributed by atoms with Gasteiger partial charge in [0, 0.05) is 17.6 Å². The molecule has 0 bridgehead atoms. The summed E-state index contributed by atoms with van der Waals surface area (Å²) >= 11 is 0. The molecule has 0 N–H and O–H groups in total. The molecule has 0 spiro atoms. The van der Waals surface area contributed by atoms with Crippen molar-refractivity contribution < 1.29 is 0 Å². The number of aromatic nitrogens is 1. The molecule has 2 aromatic rings. The molecular formula is C13H15N. The molecule has 1 nitrogen and oxygen atoms in total. The van der Waals surface area contributed by atoms with Crippen molar-refractivity contribution in [2.75, 3.05) is 0 Å². The van der Waals surface area contributed by atoms with Crippen molar-refractivity contribution in [1.29, 1.82) is 0 Å². The third-order valence-corrected chi connectivity index (χ3v) is 3.40. The van der Waals surface area contributed by atoms with Crippen LogP contribution >= 0.6 is 0 Å². The van der Waals surface area contributed by atoms with Crippen LogP contribution in [0.2, 0.25) is 0 Å². The largest absolute Gasteiger partial charge is 0.345 e. The highest BCUT2D eigenvalue weighted by molar-refractivity contribution is 5.87. The van der Waals surface area contributed by atoms with E-state index in [1.54, 1.807) is 0 Å². The van der Waals surface area contributed by atoms with E-state index in [2.05, 4.69) is 36.6 Å². The van der Waals surface area contributed by atoms with Gasteiger partial charge in [-0.05, 0) is 43.9 Å². The van der Waals surface area contributed by atoms with E-state index in [1.807, 2.05) is 0 Å². The normalized spacial score (nSPS) is 15.0. The first-order valence-corrected chi connectivity index (χ1v) is 5.36. The summed E-state index contributed by atoms with van der Waals surface area (Å²) in [7, 11) is 0. The van der Waals surface area contributed by atoms with Crippen LogP contribution in [0.1, 0.15) is 23.2 Å². The Morgan fingerprint density at radius 3 is 2.93 bits per heavy atom. The lowest BCUT2D eigenvalue weighted by molar-refractivity contribution is 0.623. The number of hydrogen-bond acceptors (Lipinski definition) is 0. The van der Waals surface area contributed by atoms with E-state index in [4.69, 9.17) is 0 Å². The molecular weight excluding hydrogens is 170 g/mol. The average Bonchev–Trinajstić information content (AvgIpc) is 2.53. The maximum Gasteiger partial charge on any atom is 0.0517 e. The van der Waals surface area contributed by atoms with Gasteiger partial charge in [0.2, 0.25) is 0 Å². The van der Waals surface area contributed by atoms with E-state index in [0.29, 0.717) is 0 Å². The molecule has 0 unspecified atom stereocenters. The second-order valence-electron chi connectivity index (χ2n) is 4.34. The maximum atomic E-state index is 2.47. The second-order valence-corrected chi connectivity index (χ2v) is 4.34. The molecule has 1 aliphatic heterocycles. The molecule has 0 atom stereocenters. The first-order chi connectivity index (χ1) is 6.77. The van der Waals surface area contributed by atoms with Gasteiger partial charge in [-0.3, -0.25) is 0 Å². The summed E-state index contributed by atoms with van der Waals surface area (Å²) in [4.78, 5) is 0. The van der Waals surface area contributed by atoms with Crippen LogP contribution in [-0.4, -0.2) is 4.57 Å². The number of rotatable bonds is 0. The Morgan fingerprint density at radius 1 is 1.21 bits per heavy atom. The Kier molecular flexibility index (Phi) is 1.52. The van der Waals surface area contributed by atoms with Crippen molar-refractivity contribution >= 4 is 10.9 Å². The van der Waals surface area contributed by atoms with Crippen molar-refractivity contribution in [1.82, 2.24) is 4.57 Å². The summed E-state index contributed by atoms with van der Waals surface area (Å²) in [6, 6.07) is 6.89. The van der Waals surface area contributed by atoms with Crippen LogP contribution in [0.25, 0.3) is 10.9 Å². The lowest BCUT2D eigenvalue weighted by atomic mass is 10.0. The molecule has 0 fully saturated rings. The topological polar surface area (TPSA) is 4.93 Å². The predicted molar refractivity (Wildman–Crippen MR) is 59.7 cm³/mol. The average molecular weight is 185 g/mol. The zero-order chi connectivity index (χ0) is 9.71. The number of nitrogens with zero attached hydrogens (tertiary/aromatic N) is 1. The van der Waals surface area contributed by atoms with Gasteiger partial charge >= 0.3 is 0 Å². The van der Waals surface area contributed by atoms with Crippen molar-refractivity contribution in [3.63, 3.8) is 0 Å². The predicted octanol–water partition coefficient (Wildman–Crippen LogP) is 3.20. The van der Waals surface area contributed by atoms with E-state index < -0.39 is 0 Å². The summed E-state index contributed by atoms with van der Waals surface area (Å²) in [5, 5.41) is 1.46. The lowest BCUT2D eigenvalue weighted by Crippen LogP contribution is -2.08. The Morgan fingerprint density at radius 2 is 2.07 bits per heavy atom. The van der Waals surface area contributed by atoms with Crippen LogP contribution in [-0.2, 0) is 13.0 Å². The third kappa shape index (κ3) is 0.899. The van der Waals surface area contributed by atoms with Crippen LogP contribution in [0.15, 0.2) is 18.2 Å². The summed E-state index contributed by atoms with van der Waals surface area (Å²) in [6.45, 7) is 5.62. The molecule has 0 aliphatic carbocycles. The molecule has 3 rings (SSSR count). The molecule has 1 heteroatoms. The molecule has 14 heavy (non-hydrogen) atoms. The molecule has 1 aliphatic rings. The summed E-state index contributed by atoms with van der Waals surface area (Å²) in [5.41, 5.74) is 5.85. The SMILES string of the molecule is Cc1ccc2c3c1cc(C)n3CCC2. The number of aryl methyl sites for hydroxylation is 4. The fraction of sp³-hybridized carbons (Fsp3) is 0.385. The molecule has 1 aromatic carbocycles. The van der Waals surface area contributed by atoms with Gasteiger partial charge in [0.15, 0.2) is 0 Å². The maximum absolute atomic E-state index is 2.47. The zero-order valence-corrected chi connectivity index (χ0v) is 8.80. The summed E-state index contributed by atoms with van der Waals surface area (Å²) < 4.78 is 2.47. The van der Waals surface area contributed by atoms with Crippen LogP contribution in [0.3, 0.4) is 0 Å². The zero-order valence-electron chi connectivity index (χ0n) is 8.80. The summed E-state index contributed by atoms with van der Waals surface area (Å²) in [5.74, 6) is 0. The van der Waals surface area contributed by atoms with Gasteiger partial charge in [-0.1, -0.05) is 12.1 Å². The van der Waals surface area contributed by atoms with Crippen molar-refractivity contribution in [3.8, 4) is 0 Å². The minimum atomic E-state index is 1.20. The van der Waals surface area contributed by atoms with Crippen LogP contribution in [0, 0.1) is 13.8 Å². The quantitative estimate of drug-likeness (QED) is 0.594. The lowest BCUT2D eigenvalue weighted by Gasteiger charge is -2.17. The van der Waals surface area contributed by atoms with Crippen LogP contribution < -0.4 is 0 Å². The fourth-order valence-corrected chi connectivity index (χ4v) is 2.64. The van der Waals surface area contributed by atoms with E-state index in [1.165, 1.54) is 47.1 Å². The second kappa shape index (κ2) is 2.63. The highest BCUT2D eigenvalue weighted by Gasteiger charge is 2.15. The van der Waals surface area contributed by atoms with Gasteiger partial charge in [-0.15, -0.1) is 0 Å². The molecule has 72 valence electrons. The Bertz CT molecular complexity index is 505. The van der Waals surface area contributed by atoms with Crippen LogP contribution in [0.4, 0.5) is 0 Å². The Balaban J connectivity index is 2.52. The van der Waals surface area contributed by atoms with E-state index in [0.717, 1.165) is 0 Å². The Hall–Kier alpha value is -1.24. The number of hydrogen-bond donors (Lipinski definition) is 0. The van der Waals surface area contributed by atoms with Gasteiger partial charge in [0.1, 0.15) is 0 Å².